The maximum absolute atomic E-state index is 5.70. The van der Waals surface area contributed by atoms with Crippen LogP contribution in [0.25, 0.3) is 0 Å². The van der Waals surface area contributed by atoms with E-state index in [1.165, 1.54) is 12.8 Å². The van der Waals surface area contributed by atoms with E-state index in [2.05, 4.69) is 12.2 Å². The van der Waals surface area contributed by atoms with Gasteiger partial charge in [-0.25, -0.2) is 0 Å². The molecule has 1 heterocycles. The lowest BCUT2D eigenvalue weighted by Crippen LogP contribution is -2.38. The summed E-state index contributed by atoms with van der Waals surface area (Å²) in [5, 5.41) is 3.30. The summed E-state index contributed by atoms with van der Waals surface area (Å²) in [4.78, 5) is 0. The van der Waals surface area contributed by atoms with Crippen molar-refractivity contribution in [3.8, 4) is 0 Å². The van der Waals surface area contributed by atoms with E-state index in [9.17, 15) is 0 Å². The summed E-state index contributed by atoms with van der Waals surface area (Å²) in [6.45, 7) is 7.92. The van der Waals surface area contributed by atoms with E-state index >= 15 is 0 Å². The average molecular weight is 215 g/mol. The van der Waals surface area contributed by atoms with Gasteiger partial charge in [-0.05, 0) is 40.2 Å². The van der Waals surface area contributed by atoms with Crippen molar-refractivity contribution in [2.24, 2.45) is 5.41 Å². The van der Waals surface area contributed by atoms with Crippen molar-refractivity contribution in [1.29, 1.82) is 0 Å². The van der Waals surface area contributed by atoms with Crippen LogP contribution >= 0.6 is 0 Å². The maximum Gasteiger partial charge on any atom is 0.0616 e. The monoisotopic (exact) mass is 215 g/mol. The second-order valence-electron chi connectivity index (χ2n) is 4.46. The third kappa shape index (κ3) is 3.44. The van der Waals surface area contributed by atoms with E-state index in [-0.39, 0.29) is 0 Å². The molecule has 0 aromatic heterocycles. The van der Waals surface area contributed by atoms with Gasteiger partial charge in [0.1, 0.15) is 0 Å². The largest absolute Gasteiger partial charge is 0.382 e. The van der Waals surface area contributed by atoms with Crippen molar-refractivity contribution < 1.29 is 9.47 Å². The van der Waals surface area contributed by atoms with Crippen molar-refractivity contribution >= 4 is 0 Å². The van der Waals surface area contributed by atoms with E-state index in [0.29, 0.717) is 11.5 Å². The highest BCUT2D eigenvalue weighted by molar-refractivity contribution is 4.90. The molecule has 3 heteroatoms. The second-order valence-corrected chi connectivity index (χ2v) is 4.46. The van der Waals surface area contributed by atoms with Crippen molar-refractivity contribution in [3.05, 3.63) is 0 Å². The molecular formula is C12H25NO2. The van der Waals surface area contributed by atoms with Crippen LogP contribution in [0.1, 0.15) is 33.1 Å². The molecule has 0 aromatic carbocycles. The van der Waals surface area contributed by atoms with Gasteiger partial charge in [0.05, 0.1) is 6.10 Å². The normalized spacial score (nSPS) is 31.0. The summed E-state index contributed by atoms with van der Waals surface area (Å²) >= 11 is 0. The van der Waals surface area contributed by atoms with E-state index in [0.717, 1.165) is 32.8 Å². The van der Waals surface area contributed by atoms with E-state index in [4.69, 9.17) is 9.47 Å². The smallest absolute Gasteiger partial charge is 0.0616 e. The highest BCUT2D eigenvalue weighted by Gasteiger charge is 2.40. The van der Waals surface area contributed by atoms with Gasteiger partial charge < -0.3 is 14.8 Å². The van der Waals surface area contributed by atoms with E-state index in [1.54, 1.807) is 0 Å². The van der Waals surface area contributed by atoms with Crippen LogP contribution in [0.5, 0.6) is 0 Å². The van der Waals surface area contributed by atoms with Crippen LogP contribution in [0.2, 0.25) is 0 Å². The summed E-state index contributed by atoms with van der Waals surface area (Å²) in [6.07, 6.45) is 3.91. The molecule has 15 heavy (non-hydrogen) atoms. The Labute approximate surface area is 93.5 Å². The molecule has 0 spiro atoms. The molecule has 90 valence electrons. The Kier molecular flexibility index (Phi) is 5.58. The lowest BCUT2D eigenvalue weighted by Gasteiger charge is -2.32. The van der Waals surface area contributed by atoms with Gasteiger partial charge in [-0.3, -0.25) is 0 Å². The first-order chi connectivity index (χ1) is 7.25. The minimum atomic E-state index is 0.339. The molecule has 1 aliphatic heterocycles. The van der Waals surface area contributed by atoms with Gasteiger partial charge in [-0.2, -0.15) is 0 Å². The zero-order valence-electron chi connectivity index (χ0n) is 10.3. The topological polar surface area (TPSA) is 30.5 Å². The summed E-state index contributed by atoms with van der Waals surface area (Å²) in [7, 11) is 2.02. The van der Waals surface area contributed by atoms with Gasteiger partial charge in [-0.15, -0.1) is 0 Å². The lowest BCUT2D eigenvalue weighted by molar-refractivity contribution is 0.0511. The fourth-order valence-electron chi connectivity index (χ4n) is 2.49. The quantitative estimate of drug-likeness (QED) is 0.657. The Morgan fingerprint density at radius 2 is 2.33 bits per heavy atom. The predicted molar refractivity (Wildman–Crippen MR) is 62.1 cm³/mol. The minimum Gasteiger partial charge on any atom is -0.382 e. The summed E-state index contributed by atoms with van der Waals surface area (Å²) < 4.78 is 11.1. The van der Waals surface area contributed by atoms with Crippen LogP contribution in [0, 0.1) is 5.41 Å². The van der Waals surface area contributed by atoms with Gasteiger partial charge in [-0.1, -0.05) is 0 Å². The minimum absolute atomic E-state index is 0.339. The van der Waals surface area contributed by atoms with Crippen molar-refractivity contribution in [2.75, 3.05) is 33.4 Å². The molecule has 1 saturated heterocycles. The molecule has 0 bridgehead atoms. The molecule has 0 amide bonds. The first-order valence-electron chi connectivity index (χ1n) is 6.09. The fourth-order valence-corrected chi connectivity index (χ4v) is 2.49. The summed E-state index contributed by atoms with van der Waals surface area (Å²) in [5.74, 6) is 0. The molecule has 0 radical (unpaired) electrons. The van der Waals surface area contributed by atoms with Crippen molar-refractivity contribution in [2.45, 2.75) is 39.2 Å². The highest BCUT2D eigenvalue weighted by Crippen LogP contribution is 2.38. The third-order valence-corrected chi connectivity index (χ3v) is 3.53. The number of hydrogen-bond acceptors (Lipinski definition) is 3. The van der Waals surface area contributed by atoms with Gasteiger partial charge in [0.2, 0.25) is 0 Å². The second kappa shape index (κ2) is 6.46. The Morgan fingerprint density at radius 1 is 1.53 bits per heavy atom. The van der Waals surface area contributed by atoms with Gasteiger partial charge >= 0.3 is 0 Å². The van der Waals surface area contributed by atoms with Gasteiger partial charge in [0.25, 0.3) is 0 Å². The molecule has 1 fully saturated rings. The standard InChI is InChI=1S/C12H25NO2/c1-4-14-8-5-6-12(10-13-3)7-9-15-11(12)2/h11,13H,4-10H2,1-3H3. The maximum atomic E-state index is 5.70. The molecule has 1 rings (SSSR count). The fraction of sp³-hybridized carbons (Fsp3) is 1.00. The lowest BCUT2D eigenvalue weighted by atomic mass is 9.77. The molecule has 2 atom stereocenters. The predicted octanol–water partition coefficient (Wildman–Crippen LogP) is 1.82. The van der Waals surface area contributed by atoms with Crippen LogP contribution < -0.4 is 5.32 Å². The zero-order valence-corrected chi connectivity index (χ0v) is 10.3. The third-order valence-electron chi connectivity index (χ3n) is 3.53. The van der Waals surface area contributed by atoms with Crippen LogP contribution in [-0.2, 0) is 9.47 Å². The van der Waals surface area contributed by atoms with Crippen molar-refractivity contribution in [3.63, 3.8) is 0 Å². The summed E-state index contributed by atoms with van der Waals surface area (Å²) in [5.41, 5.74) is 0.339. The SMILES string of the molecule is CCOCCCC1(CNC)CCOC1C. The molecule has 0 aliphatic carbocycles. The average Bonchev–Trinajstić information content (AvgIpc) is 2.57. The molecule has 1 N–H and O–H groups in total. The molecule has 2 unspecified atom stereocenters. The number of nitrogens with one attached hydrogen (secondary N) is 1. The molecular weight excluding hydrogens is 190 g/mol. The zero-order chi connectivity index (χ0) is 11.1. The number of ether oxygens (including phenoxy) is 2. The number of rotatable bonds is 7. The first kappa shape index (κ1) is 12.9. The molecule has 1 aliphatic rings. The molecule has 3 nitrogen and oxygen atoms in total. The van der Waals surface area contributed by atoms with E-state index < -0.39 is 0 Å². The Morgan fingerprint density at radius 3 is 2.87 bits per heavy atom. The van der Waals surface area contributed by atoms with Crippen LogP contribution in [0.3, 0.4) is 0 Å². The van der Waals surface area contributed by atoms with Gasteiger partial charge in [0.15, 0.2) is 0 Å². The first-order valence-corrected chi connectivity index (χ1v) is 6.09. The summed E-state index contributed by atoms with van der Waals surface area (Å²) in [6, 6.07) is 0. The number of hydrogen-bond donors (Lipinski definition) is 1. The van der Waals surface area contributed by atoms with E-state index in [1.807, 2.05) is 14.0 Å². The van der Waals surface area contributed by atoms with Crippen LogP contribution in [-0.4, -0.2) is 39.5 Å². The Hall–Kier alpha value is -0.120. The van der Waals surface area contributed by atoms with Crippen LogP contribution in [0.4, 0.5) is 0 Å². The molecule has 0 saturated carbocycles. The Bertz CT molecular complexity index is 175. The van der Waals surface area contributed by atoms with Crippen LogP contribution in [0.15, 0.2) is 0 Å². The Balaban J connectivity index is 2.36. The van der Waals surface area contributed by atoms with Gasteiger partial charge in [0, 0.05) is 31.8 Å². The van der Waals surface area contributed by atoms with Crippen molar-refractivity contribution in [1.82, 2.24) is 5.32 Å². The highest BCUT2D eigenvalue weighted by atomic mass is 16.5. The molecule has 0 aromatic rings.